The first-order valence-corrected chi connectivity index (χ1v) is 9.47. The fourth-order valence-corrected chi connectivity index (χ4v) is 3.91. The summed E-state index contributed by atoms with van der Waals surface area (Å²) < 4.78 is 0. The van der Waals surface area contributed by atoms with Crippen LogP contribution >= 0.6 is 12.4 Å². The number of halogens is 1. The smallest absolute Gasteiger partial charge is 0.181 e. The van der Waals surface area contributed by atoms with E-state index in [1.807, 2.05) is 6.07 Å². The van der Waals surface area contributed by atoms with E-state index in [2.05, 4.69) is 52.9 Å². The van der Waals surface area contributed by atoms with Gasteiger partial charge in [-0.15, -0.1) is 12.4 Å². The first kappa shape index (κ1) is 20.3. The molecule has 4 rings (SSSR count). The van der Waals surface area contributed by atoms with E-state index in [-0.39, 0.29) is 18.2 Å². The van der Waals surface area contributed by atoms with Crippen LogP contribution in [0.5, 0.6) is 0 Å². The number of H-pyrrole nitrogens is 1. The third kappa shape index (κ3) is 4.36. The van der Waals surface area contributed by atoms with Crippen molar-refractivity contribution in [2.45, 2.75) is 25.3 Å². The van der Waals surface area contributed by atoms with Crippen molar-refractivity contribution in [3.05, 3.63) is 77.0 Å². The molecule has 1 atom stereocenters. The number of para-hydroxylation sites is 1. The van der Waals surface area contributed by atoms with Crippen LogP contribution < -0.4 is 5.32 Å². The monoisotopic (exact) mass is 396 g/mol. The Bertz CT molecular complexity index is 993. The Morgan fingerprint density at radius 3 is 2.96 bits per heavy atom. The number of aliphatic hydroxyl groups is 1. The molecule has 0 amide bonds. The number of nitrogens with one attached hydrogen (secondary N) is 2. The van der Waals surface area contributed by atoms with Crippen molar-refractivity contribution in [3.63, 3.8) is 0 Å². The lowest BCUT2D eigenvalue weighted by molar-refractivity contribution is -0.117. The number of ketones is 1. The van der Waals surface area contributed by atoms with E-state index < -0.39 is 6.61 Å². The van der Waals surface area contributed by atoms with Crippen LogP contribution in [0.3, 0.4) is 0 Å². The first-order valence-electron chi connectivity index (χ1n) is 9.47. The van der Waals surface area contributed by atoms with Crippen molar-refractivity contribution in [2.75, 3.05) is 13.2 Å². The molecule has 146 valence electrons. The minimum atomic E-state index is -0.441. The summed E-state index contributed by atoms with van der Waals surface area (Å²) in [5, 5.41) is 13.8. The van der Waals surface area contributed by atoms with E-state index in [4.69, 9.17) is 5.11 Å². The highest BCUT2D eigenvalue weighted by atomic mass is 35.5. The summed E-state index contributed by atoms with van der Waals surface area (Å²) >= 11 is 0. The van der Waals surface area contributed by atoms with Crippen molar-refractivity contribution in [1.82, 2.24) is 10.3 Å². The maximum absolute atomic E-state index is 11.2. The fourth-order valence-electron chi connectivity index (χ4n) is 3.91. The Balaban J connectivity index is 0.00000225. The van der Waals surface area contributed by atoms with Gasteiger partial charge < -0.3 is 15.4 Å². The van der Waals surface area contributed by atoms with Crippen LogP contribution in [0, 0.1) is 0 Å². The van der Waals surface area contributed by atoms with Gasteiger partial charge in [0.1, 0.15) is 6.61 Å². The van der Waals surface area contributed by atoms with E-state index in [0.29, 0.717) is 6.04 Å². The van der Waals surface area contributed by atoms with E-state index >= 15 is 0 Å². The minimum absolute atomic E-state index is 0. The standard InChI is InChI=1S/C23H24N2O2.ClH/c26-15-19(27)8-5-16-6-9-21-17(13-16)7-10-23(21)24-12-11-18-14-25-22-4-2-1-3-20(18)22;/h1-6,8-9,13-14,23-26H,7,10-12,15H2;1H/b8-5+;. The number of fused-ring (bicyclic) bond motifs is 2. The molecule has 0 saturated heterocycles. The van der Waals surface area contributed by atoms with Gasteiger partial charge in [0.2, 0.25) is 0 Å². The van der Waals surface area contributed by atoms with Gasteiger partial charge >= 0.3 is 0 Å². The molecule has 0 fully saturated rings. The molecule has 4 nitrogen and oxygen atoms in total. The average molecular weight is 397 g/mol. The van der Waals surface area contributed by atoms with Crippen molar-refractivity contribution in [1.29, 1.82) is 0 Å². The first-order chi connectivity index (χ1) is 13.2. The molecule has 3 aromatic rings. The molecule has 0 radical (unpaired) electrons. The van der Waals surface area contributed by atoms with Gasteiger partial charge in [-0.05, 0) is 60.2 Å². The predicted molar refractivity (Wildman–Crippen MR) is 116 cm³/mol. The molecule has 3 N–H and O–H groups in total. The molecular formula is C23H25ClN2O2. The number of hydrogen-bond donors (Lipinski definition) is 3. The van der Waals surface area contributed by atoms with Gasteiger partial charge in [0.25, 0.3) is 0 Å². The summed E-state index contributed by atoms with van der Waals surface area (Å²) in [6.07, 6.45) is 8.48. The van der Waals surface area contributed by atoms with Crippen molar-refractivity contribution in [3.8, 4) is 0 Å². The zero-order valence-corrected chi connectivity index (χ0v) is 16.5. The van der Waals surface area contributed by atoms with Crippen LogP contribution in [-0.4, -0.2) is 29.0 Å². The molecule has 1 aliphatic rings. The number of carbonyl (C=O) groups is 1. The van der Waals surface area contributed by atoms with Crippen LogP contribution in [0.4, 0.5) is 0 Å². The summed E-state index contributed by atoms with van der Waals surface area (Å²) in [6.45, 7) is 0.502. The minimum Gasteiger partial charge on any atom is -0.388 e. The van der Waals surface area contributed by atoms with E-state index in [1.165, 1.54) is 33.7 Å². The van der Waals surface area contributed by atoms with Gasteiger partial charge in [-0.25, -0.2) is 0 Å². The predicted octanol–water partition coefficient (Wildman–Crippen LogP) is 3.98. The summed E-state index contributed by atoms with van der Waals surface area (Å²) in [6, 6.07) is 15.2. The van der Waals surface area contributed by atoms with E-state index in [9.17, 15) is 4.79 Å². The third-order valence-electron chi connectivity index (χ3n) is 5.32. The lowest BCUT2D eigenvalue weighted by atomic mass is 10.0. The largest absolute Gasteiger partial charge is 0.388 e. The molecule has 28 heavy (non-hydrogen) atoms. The normalized spacial score (nSPS) is 15.7. The van der Waals surface area contributed by atoms with E-state index in [1.54, 1.807) is 6.08 Å². The molecule has 1 heterocycles. The summed E-state index contributed by atoms with van der Waals surface area (Å²) in [7, 11) is 0. The van der Waals surface area contributed by atoms with Gasteiger partial charge in [-0.3, -0.25) is 4.79 Å². The van der Waals surface area contributed by atoms with E-state index in [0.717, 1.165) is 31.4 Å². The van der Waals surface area contributed by atoms with Gasteiger partial charge in [0.05, 0.1) is 0 Å². The van der Waals surface area contributed by atoms with Gasteiger partial charge in [0, 0.05) is 23.1 Å². The van der Waals surface area contributed by atoms with Crippen LogP contribution in [0.25, 0.3) is 17.0 Å². The number of rotatable bonds is 7. The molecule has 2 aromatic carbocycles. The highest BCUT2D eigenvalue weighted by Gasteiger charge is 2.21. The second-order valence-corrected chi connectivity index (χ2v) is 7.07. The van der Waals surface area contributed by atoms with Gasteiger partial charge in [0.15, 0.2) is 5.78 Å². The summed E-state index contributed by atoms with van der Waals surface area (Å²) in [4.78, 5) is 14.6. The van der Waals surface area contributed by atoms with Crippen molar-refractivity contribution < 1.29 is 9.90 Å². The summed E-state index contributed by atoms with van der Waals surface area (Å²) in [5.74, 6) is -0.271. The third-order valence-corrected chi connectivity index (χ3v) is 5.32. The van der Waals surface area contributed by atoms with Crippen molar-refractivity contribution >= 4 is 35.2 Å². The molecule has 5 heteroatoms. The number of carbonyl (C=O) groups excluding carboxylic acids is 1. The second-order valence-electron chi connectivity index (χ2n) is 7.07. The average Bonchev–Trinajstić information content (AvgIpc) is 3.30. The SMILES string of the molecule is Cl.O=C(/C=C/c1ccc2c(c1)CCC2NCCc1c[nH]c2ccccc12)CO. The van der Waals surface area contributed by atoms with Crippen LogP contribution in [0.15, 0.2) is 54.7 Å². The van der Waals surface area contributed by atoms with Gasteiger partial charge in [-0.2, -0.15) is 0 Å². The van der Waals surface area contributed by atoms with Crippen LogP contribution in [0.1, 0.15) is 34.7 Å². The Morgan fingerprint density at radius 1 is 1.25 bits per heavy atom. The maximum Gasteiger partial charge on any atom is 0.181 e. The number of aryl methyl sites for hydroxylation is 1. The number of benzene rings is 2. The zero-order chi connectivity index (χ0) is 18.6. The molecule has 0 saturated carbocycles. The Kier molecular flexibility index (Phi) is 6.68. The number of aromatic nitrogens is 1. The Hall–Kier alpha value is -2.40. The number of aromatic amines is 1. The highest BCUT2D eigenvalue weighted by molar-refractivity contribution is 5.94. The summed E-state index contributed by atoms with van der Waals surface area (Å²) in [5.41, 5.74) is 6.26. The van der Waals surface area contributed by atoms with Crippen LogP contribution in [-0.2, 0) is 17.6 Å². The highest BCUT2D eigenvalue weighted by Crippen LogP contribution is 2.32. The second kappa shape index (κ2) is 9.20. The van der Waals surface area contributed by atoms with Crippen LogP contribution in [0.2, 0.25) is 0 Å². The Morgan fingerprint density at radius 2 is 2.11 bits per heavy atom. The van der Waals surface area contributed by atoms with Gasteiger partial charge in [-0.1, -0.05) is 42.5 Å². The molecule has 0 aliphatic heterocycles. The molecular weight excluding hydrogens is 372 g/mol. The Labute approximate surface area is 171 Å². The lowest BCUT2D eigenvalue weighted by Crippen LogP contribution is -2.21. The number of aliphatic hydroxyl groups excluding tert-OH is 1. The molecule has 1 unspecified atom stereocenters. The maximum atomic E-state index is 11.2. The number of hydrogen-bond acceptors (Lipinski definition) is 3. The molecule has 0 spiro atoms. The zero-order valence-electron chi connectivity index (χ0n) is 15.7. The lowest BCUT2D eigenvalue weighted by Gasteiger charge is -2.14. The molecule has 0 bridgehead atoms. The topological polar surface area (TPSA) is 65.1 Å². The quantitative estimate of drug-likeness (QED) is 0.529. The molecule has 1 aromatic heterocycles. The molecule has 1 aliphatic carbocycles. The van der Waals surface area contributed by atoms with Crippen molar-refractivity contribution in [2.24, 2.45) is 0 Å². The fraction of sp³-hybridized carbons (Fsp3) is 0.261.